The molecule has 244 valence electrons. The maximum atomic E-state index is 14.5. The molecule has 0 bridgehead atoms. The number of anilines is 3. The van der Waals surface area contributed by atoms with Gasteiger partial charge in [-0.25, -0.2) is 14.4 Å². The van der Waals surface area contributed by atoms with E-state index in [4.69, 9.17) is 9.47 Å². The lowest BCUT2D eigenvalue weighted by atomic mass is 10.0. The van der Waals surface area contributed by atoms with Gasteiger partial charge in [-0.3, -0.25) is 4.79 Å². The van der Waals surface area contributed by atoms with Crippen LogP contribution in [0.4, 0.5) is 22.0 Å². The molecule has 3 aromatic heterocycles. The van der Waals surface area contributed by atoms with Gasteiger partial charge in [0, 0.05) is 95.1 Å². The normalized spacial score (nSPS) is 21.8. The number of methoxy groups -OCH3 is 1. The van der Waals surface area contributed by atoms with Crippen LogP contribution in [0.15, 0.2) is 30.7 Å². The average Bonchev–Trinajstić information content (AvgIpc) is 3.40. The Labute approximate surface area is 264 Å². The highest BCUT2D eigenvalue weighted by Crippen LogP contribution is 2.28. The van der Waals surface area contributed by atoms with E-state index in [9.17, 15) is 9.18 Å². The monoisotopic (exact) mass is 623 g/mol. The van der Waals surface area contributed by atoms with Crippen molar-refractivity contribution in [2.75, 3.05) is 69.7 Å². The van der Waals surface area contributed by atoms with Crippen molar-refractivity contribution in [3.8, 4) is 0 Å². The van der Waals surface area contributed by atoms with Crippen LogP contribution in [-0.4, -0.2) is 114 Å². The molecule has 3 aromatic rings. The van der Waals surface area contributed by atoms with Crippen LogP contribution in [-0.2, 0) is 9.47 Å². The number of amides is 1. The van der Waals surface area contributed by atoms with Gasteiger partial charge in [-0.2, -0.15) is 4.98 Å². The molecule has 1 amide bonds. The number of carbonyl (C=O) groups is 1. The molecule has 45 heavy (non-hydrogen) atoms. The topological polar surface area (TPSA) is 122 Å². The molecule has 0 saturated carbocycles. The van der Waals surface area contributed by atoms with Gasteiger partial charge in [-0.1, -0.05) is 0 Å². The smallest absolute Gasteiger partial charge is 0.253 e. The number of nitrogens with one attached hydrogen (secondary N) is 3. The van der Waals surface area contributed by atoms with Crippen LogP contribution >= 0.6 is 0 Å². The summed E-state index contributed by atoms with van der Waals surface area (Å²) in [5, 5.41) is 10.6. The van der Waals surface area contributed by atoms with Crippen LogP contribution in [0.3, 0.4) is 0 Å². The largest absolute Gasteiger partial charge is 0.378 e. The lowest BCUT2D eigenvalue weighted by Gasteiger charge is -2.33. The van der Waals surface area contributed by atoms with Gasteiger partial charge in [0.2, 0.25) is 5.95 Å². The molecule has 0 radical (unpaired) electrons. The summed E-state index contributed by atoms with van der Waals surface area (Å²) in [5.74, 6) is 1.56. The van der Waals surface area contributed by atoms with E-state index >= 15 is 0 Å². The number of carbonyl (C=O) groups excluding carboxylic acids is 1. The molecule has 3 aliphatic heterocycles. The molecule has 0 aromatic carbocycles. The van der Waals surface area contributed by atoms with Gasteiger partial charge in [0.15, 0.2) is 0 Å². The zero-order valence-corrected chi connectivity index (χ0v) is 26.5. The Hall–Kier alpha value is -3.39. The maximum Gasteiger partial charge on any atom is 0.253 e. The third-order valence-corrected chi connectivity index (χ3v) is 9.13. The predicted molar refractivity (Wildman–Crippen MR) is 172 cm³/mol. The summed E-state index contributed by atoms with van der Waals surface area (Å²) in [4.78, 5) is 31.4. The minimum Gasteiger partial charge on any atom is -0.378 e. The third kappa shape index (κ3) is 7.54. The number of hydrogen-bond donors (Lipinski definition) is 3. The fraction of sp³-hybridized carbons (Fsp3) is 0.625. The van der Waals surface area contributed by atoms with Crippen molar-refractivity contribution in [2.45, 2.75) is 70.0 Å². The first-order valence-electron chi connectivity index (χ1n) is 16.3. The lowest BCUT2D eigenvalue weighted by Crippen LogP contribution is -2.48. The first kappa shape index (κ1) is 31.6. The summed E-state index contributed by atoms with van der Waals surface area (Å²) in [6, 6.07) is 4.00. The van der Waals surface area contributed by atoms with E-state index in [0.29, 0.717) is 42.2 Å². The molecule has 2 atom stereocenters. The van der Waals surface area contributed by atoms with E-state index in [-0.39, 0.29) is 24.5 Å². The Morgan fingerprint density at radius 1 is 1.16 bits per heavy atom. The molecule has 12 nitrogen and oxygen atoms in total. The Balaban J connectivity index is 1.07. The summed E-state index contributed by atoms with van der Waals surface area (Å²) in [6.45, 7) is 10.7. The van der Waals surface area contributed by atoms with Crippen molar-refractivity contribution in [3.05, 3.63) is 36.3 Å². The zero-order valence-electron chi connectivity index (χ0n) is 26.5. The third-order valence-electron chi connectivity index (χ3n) is 9.13. The van der Waals surface area contributed by atoms with Crippen molar-refractivity contribution in [3.63, 3.8) is 0 Å². The highest BCUT2D eigenvalue weighted by Gasteiger charge is 2.30. The Morgan fingerprint density at radius 2 is 1.98 bits per heavy atom. The van der Waals surface area contributed by atoms with Gasteiger partial charge in [-0.15, -0.1) is 0 Å². The second kappa shape index (κ2) is 14.4. The van der Waals surface area contributed by atoms with Gasteiger partial charge >= 0.3 is 0 Å². The molecular weight excluding hydrogens is 577 g/mol. The van der Waals surface area contributed by atoms with E-state index in [2.05, 4.69) is 54.2 Å². The highest BCUT2D eigenvalue weighted by atomic mass is 19.1. The summed E-state index contributed by atoms with van der Waals surface area (Å²) in [5.41, 5.74) is 1.55. The van der Waals surface area contributed by atoms with Crippen LogP contribution in [0.5, 0.6) is 0 Å². The fourth-order valence-electron chi connectivity index (χ4n) is 6.33. The van der Waals surface area contributed by atoms with Crippen molar-refractivity contribution < 1.29 is 18.7 Å². The van der Waals surface area contributed by atoms with Gasteiger partial charge < -0.3 is 39.8 Å². The van der Waals surface area contributed by atoms with Gasteiger partial charge in [0.25, 0.3) is 5.91 Å². The highest BCUT2D eigenvalue weighted by molar-refractivity contribution is 6.07. The number of pyridine rings is 1. The van der Waals surface area contributed by atoms with Crippen LogP contribution in [0.1, 0.15) is 55.9 Å². The minimum atomic E-state index is -1.10. The van der Waals surface area contributed by atoms with E-state index < -0.39 is 12.3 Å². The van der Waals surface area contributed by atoms with Crippen molar-refractivity contribution in [2.24, 2.45) is 0 Å². The number of ether oxygens (including phenoxy) is 2. The van der Waals surface area contributed by atoms with E-state index in [0.717, 1.165) is 69.5 Å². The quantitative estimate of drug-likeness (QED) is 0.259. The molecule has 6 rings (SSSR count). The standard InChI is InChI=1S/C32H46FN9O3/c1-21(2)42-19-25(31(43)37-22-6-11-40(12-7-22)10-4-14-45-23-16-34-17-23)24-18-36-30(15-27(24)42)38-29-5-9-35-32(39-29)41-13-8-28(44-3)26(33)20-41/h5,9,15,18-19,21-23,26,28,34H,4,6-8,10-14,16-17,20H2,1-3H3,(H,37,43)(H,35,36,38,39). The number of halogens is 1. The fourth-order valence-corrected chi connectivity index (χ4v) is 6.33. The zero-order chi connectivity index (χ0) is 31.3. The summed E-state index contributed by atoms with van der Waals surface area (Å²) >= 11 is 0. The average molecular weight is 624 g/mol. The van der Waals surface area contributed by atoms with Crippen molar-refractivity contribution in [1.29, 1.82) is 0 Å². The molecule has 3 N–H and O–H groups in total. The number of nitrogens with zero attached hydrogens (tertiary/aromatic N) is 6. The predicted octanol–water partition coefficient (Wildman–Crippen LogP) is 3.29. The number of piperidine rings is 2. The second-order valence-electron chi connectivity index (χ2n) is 12.6. The van der Waals surface area contributed by atoms with Crippen LogP contribution in [0.2, 0.25) is 0 Å². The summed E-state index contributed by atoms with van der Waals surface area (Å²) < 4.78 is 27.7. The molecule has 2 unspecified atom stereocenters. The van der Waals surface area contributed by atoms with E-state index in [1.165, 1.54) is 0 Å². The second-order valence-corrected chi connectivity index (χ2v) is 12.6. The first-order chi connectivity index (χ1) is 21.9. The van der Waals surface area contributed by atoms with Crippen LogP contribution < -0.4 is 20.9 Å². The lowest BCUT2D eigenvalue weighted by molar-refractivity contribution is 0.0136. The van der Waals surface area contributed by atoms with Gasteiger partial charge in [-0.05, 0) is 45.6 Å². The molecule has 0 spiro atoms. The van der Waals surface area contributed by atoms with Gasteiger partial charge in [0.05, 0.1) is 29.8 Å². The number of hydrogen-bond acceptors (Lipinski definition) is 10. The van der Waals surface area contributed by atoms with Gasteiger partial charge in [0.1, 0.15) is 17.8 Å². The summed E-state index contributed by atoms with van der Waals surface area (Å²) in [7, 11) is 1.54. The number of alkyl halides is 1. The molecule has 6 heterocycles. The van der Waals surface area contributed by atoms with Crippen LogP contribution in [0, 0.1) is 0 Å². The van der Waals surface area contributed by atoms with Crippen molar-refractivity contribution >= 4 is 34.4 Å². The molecule has 3 aliphatic rings. The van der Waals surface area contributed by atoms with Crippen molar-refractivity contribution in [1.82, 2.24) is 35.1 Å². The van der Waals surface area contributed by atoms with E-state index in [1.807, 2.05) is 17.2 Å². The molecule has 0 aliphatic carbocycles. The van der Waals surface area contributed by atoms with Crippen LogP contribution in [0.25, 0.3) is 10.9 Å². The minimum absolute atomic E-state index is 0.0632. The Kier molecular flexibility index (Phi) is 10.1. The Morgan fingerprint density at radius 3 is 2.69 bits per heavy atom. The number of aromatic nitrogens is 4. The Bertz CT molecular complexity index is 1440. The number of fused-ring (bicyclic) bond motifs is 1. The first-order valence-corrected chi connectivity index (χ1v) is 16.3. The molecule has 3 saturated heterocycles. The number of rotatable bonds is 12. The molecule has 3 fully saturated rings. The molecule has 13 heteroatoms. The summed E-state index contributed by atoms with van der Waals surface area (Å²) in [6.07, 6.45) is 7.72. The molecular formula is C32H46FN9O3. The SMILES string of the molecule is COC1CCN(c2nccc(Nc3cc4c(cn3)c(C(=O)NC3CCN(CCCOC5CNC5)CC3)cn4C(C)C)n2)CC1F. The number of likely N-dealkylation sites (tertiary alicyclic amines) is 1. The van der Waals surface area contributed by atoms with E-state index in [1.54, 1.807) is 25.6 Å². The maximum absolute atomic E-state index is 14.5.